The molecule has 0 aliphatic heterocycles. The molecular formula is C15H19N3O2. The van der Waals surface area contributed by atoms with Crippen molar-refractivity contribution in [2.45, 2.75) is 6.54 Å². The van der Waals surface area contributed by atoms with Crippen molar-refractivity contribution in [2.24, 2.45) is 0 Å². The Balaban J connectivity index is 2.07. The van der Waals surface area contributed by atoms with E-state index in [1.54, 1.807) is 12.1 Å². The van der Waals surface area contributed by atoms with Crippen molar-refractivity contribution >= 4 is 17.1 Å². The Morgan fingerprint density at radius 2 is 1.70 bits per heavy atom. The predicted octanol–water partition coefficient (Wildman–Crippen LogP) is 1.83. The van der Waals surface area contributed by atoms with Crippen LogP contribution in [0.2, 0.25) is 0 Å². The van der Waals surface area contributed by atoms with Crippen LogP contribution in [-0.4, -0.2) is 18.3 Å². The second-order valence-electron chi connectivity index (χ2n) is 4.42. The topological polar surface area (TPSA) is 93.5 Å². The average Bonchev–Trinajstić information content (AvgIpc) is 2.46. The van der Waals surface area contributed by atoms with Gasteiger partial charge in [-0.1, -0.05) is 12.1 Å². The van der Waals surface area contributed by atoms with Crippen LogP contribution in [0.5, 0.6) is 5.75 Å². The Bertz CT molecular complexity index is 556. The molecule has 0 fully saturated rings. The highest BCUT2D eigenvalue weighted by atomic mass is 16.5. The van der Waals surface area contributed by atoms with Gasteiger partial charge in [-0.2, -0.15) is 0 Å². The molecule has 0 bridgehead atoms. The van der Waals surface area contributed by atoms with Crippen molar-refractivity contribution in [3.8, 4) is 5.75 Å². The Labute approximate surface area is 118 Å². The van der Waals surface area contributed by atoms with Gasteiger partial charge in [0.05, 0.1) is 12.3 Å². The van der Waals surface area contributed by atoms with E-state index in [1.807, 2.05) is 30.3 Å². The van der Waals surface area contributed by atoms with Crippen LogP contribution in [0.15, 0.2) is 42.5 Å². The van der Waals surface area contributed by atoms with Gasteiger partial charge in [0.2, 0.25) is 0 Å². The number of rotatable bonds is 6. The van der Waals surface area contributed by atoms with Crippen LogP contribution in [0.25, 0.3) is 0 Å². The van der Waals surface area contributed by atoms with Gasteiger partial charge in [-0.15, -0.1) is 0 Å². The van der Waals surface area contributed by atoms with E-state index in [2.05, 4.69) is 5.32 Å². The van der Waals surface area contributed by atoms with E-state index < -0.39 is 0 Å². The summed E-state index contributed by atoms with van der Waals surface area (Å²) < 4.78 is 5.46. The molecule has 0 amide bonds. The van der Waals surface area contributed by atoms with Crippen molar-refractivity contribution < 1.29 is 9.84 Å². The van der Waals surface area contributed by atoms with Crippen molar-refractivity contribution in [1.29, 1.82) is 0 Å². The van der Waals surface area contributed by atoms with E-state index in [-0.39, 0.29) is 13.2 Å². The van der Waals surface area contributed by atoms with E-state index in [4.69, 9.17) is 21.3 Å². The monoisotopic (exact) mass is 273 g/mol. The highest BCUT2D eigenvalue weighted by molar-refractivity contribution is 5.63. The van der Waals surface area contributed by atoms with E-state index >= 15 is 0 Å². The molecule has 20 heavy (non-hydrogen) atoms. The molecule has 0 unspecified atom stereocenters. The molecule has 0 aliphatic rings. The zero-order valence-electron chi connectivity index (χ0n) is 11.2. The van der Waals surface area contributed by atoms with Gasteiger partial charge in [0.1, 0.15) is 12.4 Å². The van der Waals surface area contributed by atoms with Gasteiger partial charge >= 0.3 is 0 Å². The van der Waals surface area contributed by atoms with Crippen LogP contribution in [0, 0.1) is 0 Å². The standard InChI is InChI=1S/C15H19N3O2/c16-12-3-1-11(2-4-12)10-18-14-9-13(17)5-6-15(14)20-8-7-19/h1-6,9,18-19H,7-8,10,16-17H2. The second kappa shape index (κ2) is 6.68. The average molecular weight is 273 g/mol. The van der Waals surface area contributed by atoms with Gasteiger partial charge < -0.3 is 26.6 Å². The van der Waals surface area contributed by atoms with E-state index in [1.165, 1.54) is 0 Å². The van der Waals surface area contributed by atoms with Gasteiger partial charge in [0, 0.05) is 17.9 Å². The minimum atomic E-state index is -0.0260. The lowest BCUT2D eigenvalue weighted by Crippen LogP contribution is -2.06. The normalized spacial score (nSPS) is 10.2. The zero-order valence-corrected chi connectivity index (χ0v) is 11.2. The molecule has 6 N–H and O–H groups in total. The lowest BCUT2D eigenvalue weighted by Gasteiger charge is -2.13. The number of hydrogen-bond donors (Lipinski definition) is 4. The molecule has 0 saturated heterocycles. The number of aliphatic hydroxyl groups is 1. The number of nitrogens with one attached hydrogen (secondary N) is 1. The smallest absolute Gasteiger partial charge is 0.142 e. The molecule has 0 heterocycles. The Morgan fingerprint density at radius 3 is 2.40 bits per heavy atom. The Morgan fingerprint density at radius 1 is 1.00 bits per heavy atom. The summed E-state index contributed by atoms with van der Waals surface area (Å²) in [7, 11) is 0. The highest BCUT2D eigenvalue weighted by Crippen LogP contribution is 2.27. The first kappa shape index (κ1) is 14.0. The van der Waals surface area contributed by atoms with E-state index in [9.17, 15) is 0 Å². The van der Waals surface area contributed by atoms with Crippen LogP contribution < -0.4 is 21.5 Å². The third kappa shape index (κ3) is 3.80. The van der Waals surface area contributed by atoms with Crippen molar-refractivity contribution in [3.63, 3.8) is 0 Å². The summed E-state index contributed by atoms with van der Waals surface area (Å²) in [5.74, 6) is 0.670. The lowest BCUT2D eigenvalue weighted by atomic mass is 10.2. The zero-order chi connectivity index (χ0) is 14.4. The highest BCUT2D eigenvalue weighted by Gasteiger charge is 2.04. The largest absolute Gasteiger partial charge is 0.489 e. The van der Waals surface area contributed by atoms with Crippen LogP contribution >= 0.6 is 0 Å². The molecule has 0 atom stereocenters. The lowest BCUT2D eigenvalue weighted by molar-refractivity contribution is 0.202. The Kier molecular flexibility index (Phi) is 4.68. The van der Waals surface area contributed by atoms with Crippen LogP contribution in [-0.2, 0) is 6.54 Å². The summed E-state index contributed by atoms with van der Waals surface area (Å²) in [5, 5.41) is 12.1. The predicted molar refractivity (Wildman–Crippen MR) is 81.6 cm³/mol. The Hall–Kier alpha value is -2.40. The molecule has 106 valence electrons. The maximum Gasteiger partial charge on any atom is 0.142 e. The fourth-order valence-electron chi connectivity index (χ4n) is 1.80. The van der Waals surface area contributed by atoms with Crippen molar-refractivity contribution in [1.82, 2.24) is 0 Å². The quantitative estimate of drug-likeness (QED) is 0.602. The first-order chi connectivity index (χ1) is 9.69. The molecular weight excluding hydrogens is 254 g/mol. The number of anilines is 3. The number of ether oxygens (including phenoxy) is 1. The summed E-state index contributed by atoms with van der Waals surface area (Å²) in [5.41, 5.74) is 14.7. The molecule has 0 spiro atoms. The summed E-state index contributed by atoms with van der Waals surface area (Å²) in [6.45, 7) is 0.863. The summed E-state index contributed by atoms with van der Waals surface area (Å²) in [4.78, 5) is 0. The number of benzene rings is 2. The van der Waals surface area contributed by atoms with Crippen molar-refractivity contribution in [3.05, 3.63) is 48.0 Å². The third-order valence-electron chi connectivity index (χ3n) is 2.82. The third-order valence-corrected chi connectivity index (χ3v) is 2.82. The second-order valence-corrected chi connectivity index (χ2v) is 4.42. The minimum absolute atomic E-state index is 0.0260. The number of hydrogen-bond acceptors (Lipinski definition) is 5. The fraction of sp³-hybridized carbons (Fsp3) is 0.200. The first-order valence-corrected chi connectivity index (χ1v) is 6.40. The molecule has 0 radical (unpaired) electrons. The molecule has 0 aliphatic carbocycles. The van der Waals surface area contributed by atoms with Gasteiger partial charge in [0.25, 0.3) is 0 Å². The molecule has 2 rings (SSSR count). The van der Waals surface area contributed by atoms with Gasteiger partial charge in [-0.3, -0.25) is 0 Å². The molecule has 0 aromatic heterocycles. The van der Waals surface area contributed by atoms with Crippen molar-refractivity contribution in [2.75, 3.05) is 30.0 Å². The summed E-state index contributed by atoms with van der Waals surface area (Å²) in [6.07, 6.45) is 0. The van der Waals surface area contributed by atoms with Gasteiger partial charge in [-0.05, 0) is 35.9 Å². The summed E-state index contributed by atoms with van der Waals surface area (Å²) in [6, 6.07) is 13.0. The van der Waals surface area contributed by atoms with Crippen LogP contribution in [0.4, 0.5) is 17.1 Å². The van der Waals surface area contributed by atoms with Crippen LogP contribution in [0.3, 0.4) is 0 Å². The molecule has 2 aromatic carbocycles. The van der Waals surface area contributed by atoms with Crippen LogP contribution in [0.1, 0.15) is 5.56 Å². The number of aliphatic hydroxyl groups excluding tert-OH is 1. The maximum atomic E-state index is 8.83. The fourth-order valence-corrected chi connectivity index (χ4v) is 1.80. The molecule has 2 aromatic rings. The maximum absolute atomic E-state index is 8.83. The number of nitrogens with two attached hydrogens (primary N) is 2. The van der Waals surface area contributed by atoms with E-state index in [0.717, 1.165) is 16.9 Å². The summed E-state index contributed by atoms with van der Waals surface area (Å²) >= 11 is 0. The number of nitrogen functional groups attached to an aromatic ring is 2. The SMILES string of the molecule is Nc1ccc(CNc2cc(N)ccc2OCCO)cc1. The first-order valence-electron chi connectivity index (χ1n) is 6.40. The van der Waals surface area contributed by atoms with Gasteiger partial charge in [0.15, 0.2) is 0 Å². The molecule has 0 saturated carbocycles. The van der Waals surface area contributed by atoms with E-state index in [0.29, 0.717) is 18.0 Å². The minimum Gasteiger partial charge on any atom is -0.489 e. The molecule has 5 heteroatoms. The van der Waals surface area contributed by atoms with Gasteiger partial charge in [-0.25, -0.2) is 0 Å². The molecule has 5 nitrogen and oxygen atoms in total.